The van der Waals surface area contributed by atoms with Gasteiger partial charge in [0.15, 0.2) is 0 Å². The van der Waals surface area contributed by atoms with Gasteiger partial charge >= 0.3 is 5.97 Å². The van der Waals surface area contributed by atoms with Crippen LogP contribution in [-0.4, -0.2) is 60.5 Å². The summed E-state index contributed by atoms with van der Waals surface area (Å²) in [5, 5.41) is 13.7. The van der Waals surface area contributed by atoms with E-state index in [2.05, 4.69) is 21.2 Å². The van der Waals surface area contributed by atoms with Crippen LogP contribution in [0.15, 0.2) is 35.3 Å². The molecule has 42 heavy (non-hydrogen) atoms. The number of ether oxygens (including phenoxy) is 1. The molecule has 1 aliphatic rings. The van der Waals surface area contributed by atoms with E-state index in [1.807, 2.05) is 27.7 Å². The average Bonchev–Trinajstić information content (AvgIpc) is 3.05. The van der Waals surface area contributed by atoms with Gasteiger partial charge in [0, 0.05) is 18.0 Å². The molecule has 12 heteroatoms. The molecule has 2 aromatic rings. The second-order valence-corrected chi connectivity index (χ2v) is 11.8. The number of hydrogen-bond acceptors (Lipinski definition) is 8. The molecule has 2 aromatic carbocycles. The molecule has 1 aliphatic heterocycles. The minimum Gasteiger partial charge on any atom is -0.496 e. The number of halogens is 1. The monoisotopic (exact) mass is 600 g/mol. The third-order valence-electron chi connectivity index (χ3n) is 7.17. The first-order chi connectivity index (χ1) is 19.8. The van der Waals surface area contributed by atoms with Gasteiger partial charge in [-0.1, -0.05) is 45.4 Å². The van der Waals surface area contributed by atoms with Crippen LogP contribution in [0.25, 0.3) is 0 Å². The molecule has 228 valence electrons. The Kier molecular flexibility index (Phi) is 10.8. The molecule has 0 aliphatic carbocycles. The Labute approximate surface area is 251 Å². The summed E-state index contributed by atoms with van der Waals surface area (Å²) in [7, 11) is 1.57. The summed E-state index contributed by atoms with van der Waals surface area (Å²) in [6.45, 7) is 9.87. The van der Waals surface area contributed by atoms with Crippen LogP contribution in [0.4, 0.5) is 5.69 Å². The molecule has 11 nitrogen and oxygen atoms in total. The number of amidine groups is 1. The number of hydrogen-bond donors (Lipinski definition) is 5. The summed E-state index contributed by atoms with van der Waals surface area (Å²) >= 11 is 6.24. The molecule has 0 saturated carbocycles. The Morgan fingerprint density at radius 3 is 2.57 bits per heavy atom. The summed E-state index contributed by atoms with van der Waals surface area (Å²) in [4.78, 5) is 43.5. The van der Waals surface area contributed by atoms with Crippen LogP contribution < -0.4 is 26.6 Å². The molecule has 3 rings (SSSR count). The van der Waals surface area contributed by atoms with Gasteiger partial charge in [-0.05, 0) is 59.2 Å². The zero-order chi connectivity index (χ0) is 31.2. The maximum atomic E-state index is 13.9. The molecule has 0 fully saturated rings. The second-order valence-electron chi connectivity index (χ2n) is 11.4. The summed E-state index contributed by atoms with van der Waals surface area (Å²) in [5.41, 5.74) is 14.1. The van der Waals surface area contributed by atoms with Crippen LogP contribution >= 0.6 is 11.6 Å². The molecule has 0 saturated heterocycles. The first-order valence-corrected chi connectivity index (χ1v) is 14.2. The predicted molar refractivity (Wildman–Crippen MR) is 164 cm³/mol. The second kappa shape index (κ2) is 13.9. The van der Waals surface area contributed by atoms with Crippen LogP contribution in [0.3, 0.4) is 0 Å². The fourth-order valence-corrected chi connectivity index (χ4v) is 5.40. The highest BCUT2D eigenvalue weighted by Gasteiger charge is 2.32. The van der Waals surface area contributed by atoms with Crippen molar-refractivity contribution in [1.82, 2.24) is 21.1 Å². The highest BCUT2D eigenvalue weighted by Crippen LogP contribution is 2.37. The Balaban J connectivity index is 1.92. The van der Waals surface area contributed by atoms with E-state index in [1.54, 1.807) is 36.3 Å². The Morgan fingerprint density at radius 1 is 1.26 bits per heavy atom. The zero-order valence-corrected chi connectivity index (χ0v) is 25.8. The number of carbonyl (C=O) groups is 3. The van der Waals surface area contributed by atoms with Crippen LogP contribution in [0, 0.1) is 5.92 Å². The van der Waals surface area contributed by atoms with Crippen molar-refractivity contribution in [3.05, 3.63) is 57.6 Å². The lowest BCUT2D eigenvalue weighted by molar-refractivity contribution is -0.134. The van der Waals surface area contributed by atoms with Gasteiger partial charge in [0.25, 0.3) is 0 Å². The molecule has 1 heterocycles. The van der Waals surface area contributed by atoms with Gasteiger partial charge in [0.2, 0.25) is 11.8 Å². The van der Waals surface area contributed by atoms with Crippen LogP contribution in [0.1, 0.15) is 74.1 Å². The number of anilines is 1. The number of carbonyl (C=O) groups excluding carboxylic acids is 2. The molecule has 0 aromatic heterocycles. The van der Waals surface area contributed by atoms with Gasteiger partial charge in [-0.3, -0.25) is 30.7 Å². The van der Waals surface area contributed by atoms with Gasteiger partial charge in [0.1, 0.15) is 11.6 Å². The van der Waals surface area contributed by atoms with E-state index in [0.717, 1.165) is 16.7 Å². The maximum absolute atomic E-state index is 13.9. The SMILES string of the molecule is CC[C@@H](NCN1CC(NNC(C)=O)=NC[C@H](Cc2cc(Cl)ccc2OC)C1=O)c1ccc(C(=O)O)c(N)c1C(C)(C)C. The van der Waals surface area contributed by atoms with E-state index < -0.39 is 17.3 Å². The minimum atomic E-state index is -1.08. The maximum Gasteiger partial charge on any atom is 0.337 e. The van der Waals surface area contributed by atoms with Crippen LogP contribution in [0.2, 0.25) is 5.02 Å². The highest BCUT2D eigenvalue weighted by atomic mass is 35.5. The summed E-state index contributed by atoms with van der Waals surface area (Å²) in [6.07, 6.45) is 1.01. The number of nitrogens with zero attached hydrogens (tertiary/aromatic N) is 2. The molecule has 2 amide bonds. The molecular formula is C30H41ClN6O5. The standard InChI is InChI=1S/C30H41ClN6O5/c1-7-23(21-9-10-22(29(40)41)27(32)26(21)30(3,4)5)34-16-37-15-25(36-35-17(2)38)33-14-19(28(37)39)12-18-13-20(31)8-11-24(18)42-6/h8-11,13,19,23,34H,7,12,14-16,32H2,1-6H3,(H,33,36)(H,35,38)(H,40,41)/t19-,23+/m0/s1. The minimum absolute atomic E-state index is 0.0606. The number of aromatic carboxylic acids is 1. The third kappa shape index (κ3) is 7.92. The molecule has 0 spiro atoms. The van der Waals surface area contributed by atoms with E-state index in [0.29, 0.717) is 29.4 Å². The number of aliphatic imine (C=N–C) groups is 1. The van der Waals surface area contributed by atoms with Crippen molar-refractivity contribution in [1.29, 1.82) is 0 Å². The van der Waals surface area contributed by atoms with Crippen molar-refractivity contribution in [2.45, 2.75) is 58.9 Å². The van der Waals surface area contributed by atoms with Crippen molar-refractivity contribution in [2.24, 2.45) is 10.9 Å². The van der Waals surface area contributed by atoms with Gasteiger partial charge in [-0.25, -0.2) is 4.79 Å². The van der Waals surface area contributed by atoms with E-state index in [9.17, 15) is 19.5 Å². The molecule has 0 bridgehead atoms. The lowest BCUT2D eigenvalue weighted by Gasteiger charge is -2.32. The fourth-order valence-electron chi connectivity index (χ4n) is 5.21. The number of nitrogen functional groups attached to an aromatic ring is 1. The summed E-state index contributed by atoms with van der Waals surface area (Å²) in [5.74, 6) is -0.932. The number of carboxylic acid groups (broad SMARTS) is 1. The number of amides is 2. The first-order valence-electron chi connectivity index (χ1n) is 13.8. The zero-order valence-electron chi connectivity index (χ0n) is 25.0. The van der Waals surface area contributed by atoms with Crippen molar-refractivity contribution in [2.75, 3.05) is 32.6 Å². The van der Waals surface area contributed by atoms with Gasteiger partial charge in [-0.2, -0.15) is 0 Å². The van der Waals surface area contributed by atoms with Gasteiger partial charge in [0.05, 0.1) is 44.0 Å². The van der Waals surface area contributed by atoms with Crippen molar-refractivity contribution < 1.29 is 24.2 Å². The molecule has 0 radical (unpaired) electrons. The quantitative estimate of drug-likeness (QED) is 0.215. The number of nitrogens with one attached hydrogen (secondary N) is 3. The predicted octanol–water partition coefficient (Wildman–Crippen LogP) is 3.67. The Hall–Kier alpha value is -3.83. The highest BCUT2D eigenvalue weighted by molar-refractivity contribution is 6.30. The summed E-state index contributed by atoms with van der Waals surface area (Å²) in [6, 6.07) is 8.38. The van der Waals surface area contributed by atoms with Crippen molar-refractivity contribution in [3.63, 3.8) is 0 Å². The number of rotatable bonds is 9. The largest absolute Gasteiger partial charge is 0.496 e. The Morgan fingerprint density at radius 2 is 1.98 bits per heavy atom. The Bertz CT molecular complexity index is 1360. The van der Waals surface area contributed by atoms with Gasteiger partial charge in [-0.15, -0.1) is 0 Å². The molecular weight excluding hydrogens is 560 g/mol. The van der Waals surface area contributed by atoms with Crippen LogP contribution in [-0.2, 0) is 21.4 Å². The molecule has 0 unspecified atom stereocenters. The van der Waals surface area contributed by atoms with Gasteiger partial charge < -0.3 is 20.5 Å². The third-order valence-corrected chi connectivity index (χ3v) is 7.40. The smallest absolute Gasteiger partial charge is 0.337 e. The van der Waals surface area contributed by atoms with E-state index >= 15 is 0 Å². The number of hydrazine groups is 1. The lowest BCUT2D eigenvalue weighted by atomic mass is 9.79. The van der Waals surface area contributed by atoms with E-state index in [1.165, 1.54) is 13.0 Å². The normalized spacial score (nSPS) is 16.4. The number of nitrogens with two attached hydrogens (primary N) is 1. The topological polar surface area (TPSA) is 158 Å². The van der Waals surface area contributed by atoms with Crippen molar-refractivity contribution >= 4 is 40.9 Å². The molecule has 2 atom stereocenters. The van der Waals surface area contributed by atoms with E-state index in [4.69, 9.17) is 22.1 Å². The summed E-state index contributed by atoms with van der Waals surface area (Å²) < 4.78 is 5.50. The number of methoxy groups -OCH3 is 1. The van der Waals surface area contributed by atoms with Crippen molar-refractivity contribution in [3.8, 4) is 5.75 Å². The van der Waals surface area contributed by atoms with E-state index in [-0.39, 0.29) is 48.9 Å². The lowest BCUT2D eigenvalue weighted by Crippen LogP contribution is -2.49. The first kappa shape index (κ1) is 32.7. The van der Waals surface area contributed by atoms with Crippen LogP contribution in [0.5, 0.6) is 5.75 Å². The number of benzene rings is 2. The average molecular weight is 601 g/mol. The molecule has 6 N–H and O–H groups in total. The number of carboxylic acids is 1. The fraction of sp³-hybridized carbons (Fsp3) is 0.467.